The van der Waals surface area contributed by atoms with Crippen LogP contribution in [0.5, 0.6) is 0 Å². The topological polar surface area (TPSA) is 12.0 Å². The standard InChI is InChI=1S/C17H20BrN/c1-4-15-7-5-6-12(2)17(15)19-11-14-8-9-16(18)13(3)10-14/h5-10,19H,4,11H2,1-3H3. The maximum atomic E-state index is 3.58. The Hall–Kier alpha value is -1.28. The second kappa shape index (κ2) is 6.25. The van der Waals surface area contributed by atoms with Gasteiger partial charge in [-0.1, -0.05) is 53.2 Å². The van der Waals surface area contributed by atoms with Gasteiger partial charge in [-0.15, -0.1) is 0 Å². The third kappa shape index (κ3) is 3.38. The van der Waals surface area contributed by atoms with Crippen LogP contribution in [0.2, 0.25) is 0 Å². The van der Waals surface area contributed by atoms with E-state index in [4.69, 9.17) is 0 Å². The van der Waals surface area contributed by atoms with Crippen LogP contribution in [0.3, 0.4) is 0 Å². The zero-order valence-electron chi connectivity index (χ0n) is 11.8. The van der Waals surface area contributed by atoms with Crippen LogP contribution in [0.15, 0.2) is 40.9 Å². The molecule has 19 heavy (non-hydrogen) atoms. The lowest BCUT2D eigenvalue weighted by atomic mass is 10.1. The van der Waals surface area contributed by atoms with Gasteiger partial charge in [-0.3, -0.25) is 0 Å². The molecule has 0 fully saturated rings. The van der Waals surface area contributed by atoms with E-state index in [1.54, 1.807) is 0 Å². The highest BCUT2D eigenvalue weighted by Gasteiger charge is 2.04. The molecular formula is C17H20BrN. The Morgan fingerprint density at radius 1 is 1.05 bits per heavy atom. The molecule has 1 N–H and O–H groups in total. The third-order valence-electron chi connectivity index (χ3n) is 3.43. The van der Waals surface area contributed by atoms with E-state index in [0.29, 0.717) is 0 Å². The summed E-state index contributed by atoms with van der Waals surface area (Å²) < 4.78 is 1.17. The maximum Gasteiger partial charge on any atom is 0.0404 e. The van der Waals surface area contributed by atoms with Gasteiger partial charge >= 0.3 is 0 Å². The van der Waals surface area contributed by atoms with Gasteiger partial charge in [0, 0.05) is 16.7 Å². The van der Waals surface area contributed by atoms with Crippen LogP contribution in [0, 0.1) is 13.8 Å². The first kappa shape index (κ1) is 14.1. The Balaban J connectivity index is 2.16. The van der Waals surface area contributed by atoms with E-state index >= 15 is 0 Å². The molecule has 0 aliphatic carbocycles. The van der Waals surface area contributed by atoms with Crippen LogP contribution in [0.25, 0.3) is 0 Å². The van der Waals surface area contributed by atoms with Crippen molar-refractivity contribution in [3.8, 4) is 0 Å². The van der Waals surface area contributed by atoms with Crippen molar-refractivity contribution in [2.45, 2.75) is 33.7 Å². The van der Waals surface area contributed by atoms with Crippen LogP contribution in [-0.2, 0) is 13.0 Å². The van der Waals surface area contributed by atoms with E-state index in [0.717, 1.165) is 13.0 Å². The largest absolute Gasteiger partial charge is 0.381 e. The molecule has 0 bridgehead atoms. The number of rotatable bonds is 4. The van der Waals surface area contributed by atoms with E-state index in [2.05, 4.69) is 78.4 Å². The molecule has 0 atom stereocenters. The van der Waals surface area contributed by atoms with Gasteiger partial charge in [-0.2, -0.15) is 0 Å². The predicted molar refractivity (Wildman–Crippen MR) is 86.8 cm³/mol. The van der Waals surface area contributed by atoms with Gasteiger partial charge in [-0.25, -0.2) is 0 Å². The molecule has 2 rings (SSSR count). The molecule has 0 saturated carbocycles. The van der Waals surface area contributed by atoms with Crippen molar-refractivity contribution >= 4 is 21.6 Å². The summed E-state index contributed by atoms with van der Waals surface area (Å²) in [7, 11) is 0. The smallest absolute Gasteiger partial charge is 0.0404 e. The van der Waals surface area contributed by atoms with E-state index in [1.807, 2.05) is 0 Å². The van der Waals surface area contributed by atoms with Crippen LogP contribution >= 0.6 is 15.9 Å². The van der Waals surface area contributed by atoms with Crippen LogP contribution < -0.4 is 5.32 Å². The molecule has 0 aliphatic rings. The number of anilines is 1. The molecule has 0 aromatic heterocycles. The van der Waals surface area contributed by atoms with Crippen LogP contribution in [0.4, 0.5) is 5.69 Å². The average Bonchev–Trinajstić information content (AvgIpc) is 2.41. The second-order valence-electron chi connectivity index (χ2n) is 4.90. The Morgan fingerprint density at radius 3 is 2.53 bits per heavy atom. The van der Waals surface area contributed by atoms with Crippen molar-refractivity contribution < 1.29 is 0 Å². The molecule has 2 heteroatoms. The van der Waals surface area contributed by atoms with E-state index < -0.39 is 0 Å². The van der Waals surface area contributed by atoms with E-state index in [-0.39, 0.29) is 0 Å². The van der Waals surface area contributed by atoms with Gasteiger partial charge < -0.3 is 5.32 Å². The molecule has 2 aromatic carbocycles. The molecule has 0 saturated heterocycles. The molecule has 0 aliphatic heterocycles. The normalized spacial score (nSPS) is 10.5. The Bertz CT molecular complexity index is 575. The molecule has 0 amide bonds. The molecule has 0 radical (unpaired) electrons. The fourth-order valence-electron chi connectivity index (χ4n) is 2.28. The zero-order chi connectivity index (χ0) is 13.8. The molecule has 100 valence electrons. The molecule has 1 nitrogen and oxygen atoms in total. The van der Waals surface area contributed by atoms with Gasteiger partial charge in [0.2, 0.25) is 0 Å². The Morgan fingerprint density at radius 2 is 1.84 bits per heavy atom. The summed E-state index contributed by atoms with van der Waals surface area (Å²) in [6.07, 6.45) is 1.06. The second-order valence-corrected chi connectivity index (χ2v) is 5.75. The van der Waals surface area contributed by atoms with Crippen molar-refractivity contribution in [2.75, 3.05) is 5.32 Å². The highest BCUT2D eigenvalue weighted by molar-refractivity contribution is 9.10. The summed E-state index contributed by atoms with van der Waals surface area (Å²) in [4.78, 5) is 0. The maximum absolute atomic E-state index is 3.58. The molecular weight excluding hydrogens is 298 g/mol. The summed E-state index contributed by atoms with van der Waals surface area (Å²) in [6.45, 7) is 7.35. The number of nitrogens with one attached hydrogen (secondary N) is 1. The SMILES string of the molecule is CCc1cccc(C)c1NCc1ccc(Br)c(C)c1. The van der Waals surface area contributed by atoms with Gasteiger partial charge in [0.25, 0.3) is 0 Å². The van der Waals surface area contributed by atoms with Gasteiger partial charge in [0.15, 0.2) is 0 Å². The number of benzene rings is 2. The fraction of sp³-hybridized carbons (Fsp3) is 0.294. The van der Waals surface area contributed by atoms with Gasteiger partial charge in [-0.05, 0) is 48.6 Å². The minimum Gasteiger partial charge on any atom is -0.381 e. The van der Waals surface area contributed by atoms with Crippen LogP contribution in [0.1, 0.15) is 29.2 Å². The summed E-state index contributed by atoms with van der Waals surface area (Å²) >= 11 is 3.54. The Kier molecular flexibility index (Phi) is 4.65. The predicted octanol–water partition coefficient (Wildman–Crippen LogP) is 5.24. The van der Waals surface area contributed by atoms with Crippen molar-refractivity contribution in [3.05, 3.63) is 63.1 Å². The summed E-state index contributed by atoms with van der Waals surface area (Å²) in [6, 6.07) is 13.0. The van der Waals surface area contributed by atoms with Crippen molar-refractivity contribution in [1.29, 1.82) is 0 Å². The lowest BCUT2D eigenvalue weighted by Crippen LogP contribution is -2.04. The lowest BCUT2D eigenvalue weighted by Gasteiger charge is -2.14. The van der Waals surface area contributed by atoms with Gasteiger partial charge in [0.1, 0.15) is 0 Å². The lowest BCUT2D eigenvalue weighted by molar-refractivity contribution is 1.08. The van der Waals surface area contributed by atoms with Crippen molar-refractivity contribution in [2.24, 2.45) is 0 Å². The van der Waals surface area contributed by atoms with Crippen LogP contribution in [-0.4, -0.2) is 0 Å². The quantitative estimate of drug-likeness (QED) is 0.813. The third-order valence-corrected chi connectivity index (χ3v) is 4.32. The number of hydrogen-bond acceptors (Lipinski definition) is 1. The first-order valence-corrected chi connectivity index (χ1v) is 7.48. The fourth-order valence-corrected chi connectivity index (χ4v) is 2.53. The minimum atomic E-state index is 0.867. The first-order valence-electron chi connectivity index (χ1n) is 6.69. The van der Waals surface area contributed by atoms with Gasteiger partial charge in [0.05, 0.1) is 0 Å². The molecule has 0 spiro atoms. The summed E-state index contributed by atoms with van der Waals surface area (Å²) in [5, 5.41) is 3.58. The monoisotopic (exact) mass is 317 g/mol. The summed E-state index contributed by atoms with van der Waals surface area (Å²) in [5.74, 6) is 0. The first-order chi connectivity index (χ1) is 9.11. The number of aryl methyl sites for hydroxylation is 3. The minimum absolute atomic E-state index is 0.867. The highest BCUT2D eigenvalue weighted by atomic mass is 79.9. The average molecular weight is 318 g/mol. The molecule has 0 heterocycles. The van der Waals surface area contributed by atoms with E-state index in [9.17, 15) is 0 Å². The molecule has 0 unspecified atom stereocenters. The van der Waals surface area contributed by atoms with E-state index in [1.165, 1.54) is 32.4 Å². The zero-order valence-corrected chi connectivity index (χ0v) is 13.3. The van der Waals surface area contributed by atoms with Crippen molar-refractivity contribution in [3.63, 3.8) is 0 Å². The Labute approximate surface area is 124 Å². The number of hydrogen-bond donors (Lipinski definition) is 1. The number of halogens is 1. The summed E-state index contributed by atoms with van der Waals surface area (Å²) in [5.41, 5.74) is 6.57. The van der Waals surface area contributed by atoms with Crippen molar-refractivity contribution in [1.82, 2.24) is 0 Å². The molecule has 2 aromatic rings. The highest BCUT2D eigenvalue weighted by Crippen LogP contribution is 2.23. The number of para-hydroxylation sites is 1.